The molecule has 0 amide bonds. The van der Waals surface area contributed by atoms with E-state index in [1.807, 2.05) is 19.2 Å². The predicted octanol–water partition coefficient (Wildman–Crippen LogP) is 6.99. The average Bonchev–Trinajstić information content (AvgIpc) is 3.07. The van der Waals surface area contributed by atoms with Crippen molar-refractivity contribution in [3.05, 3.63) is 83.2 Å². The zero-order valence-electron chi connectivity index (χ0n) is 20.3. The molecule has 0 unspecified atom stereocenters. The second-order valence-corrected chi connectivity index (χ2v) is 8.38. The number of ether oxygens (including phenoxy) is 1. The number of rotatable bonds is 11. The maximum Gasteiger partial charge on any atom is 0.306 e. The largest absolute Gasteiger partial charge is 0.466 e. The summed E-state index contributed by atoms with van der Waals surface area (Å²) in [4.78, 5) is 16.4. The highest BCUT2D eigenvalue weighted by Crippen LogP contribution is 2.27. The fraction of sp³-hybridized carbons (Fsp3) is 0.379. The van der Waals surface area contributed by atoms with Crippen LogP contribution in [0.15, 0.2) is 72.0 Å². The summed E-state index contributed by atoms with van der Waals surface area (Å²) in [5, 5.41) is 0. The topological polar surface area (TPSA) is 44.1 Å². The van der Waals surface area contributed by atoms with Gasteiger partial charge in [0.1, 0.15) is 5.82 Å². The molecule has 0 saturated carbocycles. The number of esters is 1. The van der Waals surface area contributed by atoms with Crippen LogP contribution >= 0.6 is 0 Å². The standard InChI is InChI=1S/C29H36N2O2/c1-5-22-14-16-26(17-15-22)29-30-21-27(31(29)4)13-9-11-23-10-8-12-25(24(6-2)20-23)18-19-28(32)33-7-3/h5,10,12,14-17,20-21H,1,6-9,11,13,18-19H2,2-4H3. The number of hydrogen-bond acceptors (Lipinski definition) is 3. The summed E-state index contributed by atoms with van der Waals surface area (Å²) < 4.78 is 7.29. The third-order valence-corrected chi connectivity index (χ3v) is 6.19. The minimum atomic E-state index is -0.113. The number of hydrogen-bond donors (Lipinski definition) is 0. The molecule has 0 fully saturated rings. The van der Waals surface area contributed by atoms with Gasteiger partial charge in [-0.1, -0.05) is 67.6 Å². The second kappa shape index (κ2) is 12.2. The number of aryl methyl sites for hydroxylation is 1. The van der Waals surface area contributed by atoms with Crippen molar-refractivity contribution in [1.82, 2.24) is 9.55 Å². The Morgan fingerprint density at radius 3 is 2.61 bits per heavy atom. The SMILES string of the molecule is C=Cc1ccc(-c2ncc(CCCC3=CCC=C(CCC(=O)OCC)C(CC)=C3)n2C)cc1. The van der Waals surface area contributed by atoms with Gasteiger partial charge in [0.2, 0.25) is 0 Å². The van der Waals surface area contributed by atoms with Crippen molar-refractivity contribution in [2.24, 2.45) is 7.05 Å². The van der Waals surface area contributed by atoms with Gasteiger partial charge >= 0.3 is 5.97 Å². The summed E-state index contributed by atoms with van der Waals surface area (Å²) in [5.41, 5.74) is 7.50. The van der Waals surface area contributed by atoms with E-state index in [0.29, 0.717) is 13.0 Å². The first kappa shape index (κ1) is 24.5. The molecule has 4 heteroatoms. The van der Waals surface area contributed by atoms with Gasteiger partial charge in [0, 0.05) is 30.9 Å². The van der Waals surface area contributed by atoms with E-state index in [0.717, 1.165) is 55.5 Å². The molecule has 174 valence electrons. The van der Waals surface area contributed by atoms with Crippen LogP contribution < -0.4 is 0 Å². The van der Waals surface area contributed by atoms with Crippen LogP contribution in [0.3, 0.4) is 0 Å². The number of imidazole rings is 1. The molecule has 0 radical (unpaired) electrons. The van der Waals surface area contributed by atoms with Gasteiger partial charge in [0.05, 0.1) is 6.61 Å². The van der Waals surface area contributed by atoms with E-state index in [2.05, 4.69) is 72.6 Å². The van der Waals surface area contributed by atoms with Gasteiger partial charge in [0.15, 0.2) is 0 Å². The molecule has 33 heavy (non-hydrogen) atoms. The Morgan fingerprint density at radius 2 is 1.91 bits per heavy atom. The quantitative estimate of drug-likeness (QED) is 0.351. The normalized spacial score (nSPS) is 13.6. The molecule has 0 bridgehead atoms. The molecule has 0 aliphatic heterocycles. The number of nitrogens with zero attached hydrogens (tertiary/aromatic N) is 2. The minimum absolute atomic E-state index is 0.113. The molecule has 3 rings (SSSR count). The summed E-state index contributed by atoms with van der Waals surface area (Å²) in [7, 11) is 2.10. The first-order valence-electron chi connectivity index (χ1n) is 12.0. The number of allylic oxidation sites excluding steroid dienone is 6. The Labute approximate surface area is 198 Å². The molecule has 0 saturated heterocycles. The Bertz CT molecular complexity index is 1050. The van der Waals surface area contributed by atoms with Crippen molar-refractivity contribution >= 4 is 12.0 Å². The van der Waals surface area contributed by atoms with Crippen molar-refractivity contribution in [2.45, 2.75) is 58.8 Å². The Hall–Kier alpha value is -3.14. The average molecular weight is 445 g/mol. The lowest BCUT2D eigenvalue weighted by Crippen LogP contribution is -2.04. The van der Waals surface area contributed by atoms with E-state index in [1.54, 1.807) is 0 Å². The smallest absolute Gasteiger partial charge is 0.306 e. The van der Waals surface area contributed by atoms with Crippen LogP contribution in [0.25, 0.3) is 17.5 Å². The Morgan fingerprint density at radius 1 is 1.12 bits per heavy atom. The van der Waals surface area contributed by atoms with Gasteiger partial charge in [-0.25, -0.2) is 4.98 Å². The summed E-state index contributed by atoms with van der Waals surface area (Å²) >= 11 is 0. The van der Waals surface area contributed by atoms with Crippen molar-refractivity contribution < 1.29 is 9.53 Å². The summed E-state index contributed by atoms with van der Waals surface area (Å²) in [5.74, 6) is 0.886. The van der Waals surface area contributed by atoms with Gasteiger partial charge in [-0.05, 0) is 62.2 Å². The molecule has 0 N–H and O–H groups in total. The van der Waals surface area contributed by atoms with Crippen molar-refractivity contribution in [3.8, 4) is 11.4 Å². The van der Waals surface area contributed by atoms with E-state index >= 15 is 0 Å². The Kier molecular flexibility index (Phi) is 9.05. The fourth-order valence-corrected chi connectivity index (χ4v) is 4.28. The lowest BCUT2D eigenvalue weighted by atomic mass is 9.96. The summed E-state index contributed by atoms with van der Waals surface area (Å²) in [6.45, 7) is 8.30. The van der Waals surface area contributed by atoms with Gasteiger partial charge in [-0.2, -0.15) is 0 Å². The van der Waals surface area contributed by atoms with E-state index in [9.17, 15) is 4.79 Å². The van der Waals surface area contributed by atoms with Crippen LogP contribution in [0.2, 0.25) is 0 Å². The van der Waals surface area contributed by atoms with Gasteiger partial charge in [0.25, 0.3) is 0 Å². The van der Waals surface area contributed by atoms with E-state index in [4.69, 9.17) is 4.74 Å². The minimum Gasteiger partial charge on any atom is -0.466 e. The number of carbonyl (C=O) groups excluding carboxylic acids is 1. The highest BCUT2D eigenvalue weighted by atomic mass is 16.5. The molecule has 4 nitrogen and oxygen atoms in total. The molecule has 1 aliphatic rings. The molecule has 2 aromatic rings. The highest BCUT2D eigenvalue weighted by Gasteiger charge is 2.12. The van der Waals surface area contributed by atoms with E-state index in [-0.39, 0.29) is 5.97 Å². The second-order valence-electron chi connectivity index (χ2n) is 8.38. The maximum atomic E-state index is 11.8. The summed E-state index contributed by atoms with van der Waals surface area (Å²) in [6, 6.07) is 8.34. The lowest BCUT2D eigenvalue weighted by Gasteiger charge is -2.11. The van der Waals surface area contributed by atoms with Crippen LogP contribution in [0.1, 0.15) is 63.6 Å². The number of carbonyl (C=O) groups is 1. The molecule has 1 aliphatic carbocycles. The van der Waals surface area contributed by atoms with Crippen molar-refractivity contribution in [1.29, 1.82) is 0 Å². The molecular weight excluding hydrogens is 408 g/mol. The van der Waals surface area contributed by atoms with Crippen LogP contribution in [0, 0.1) is 0 Å². The zero-order valence-corrected chi connectivity index (χ0v) is 20.3. The van der Waals surface area contributed by atoms with Gasteiger partial charge in [-0.3, -0.25) is 4.79 Å². The van der Waals surface area contributed by atoms with Crippen molar-refractivity contribution in [2.75, 3.05) is 6.61 Å². The Balaban J connectivity index is 1.57. The van der Waals surface area contributed by atoms with Crippen LogP contribution in [-0.2, 0) is 23.0 Å². The third-order valence-electron chi connectivity index (χ3n) is 6.19. The first-order valence-corrected chi connectivity index (χ1v) is 12.0. The van der Waals surface area contributed by atoms with Gasteiger partial charge < -0.3 is 9.30 Å². The van der Waals surface area contributed by atoms with Gasteiger partial charge in [-0.15, -0.1) is 0 Å². The molecule has 1 heterocycles. The first-order chi connectivity index (χ1) is 16.0. The molecule has 1 aromatic heterocycles. The zero-order chi connectivity index (χ0) is 23.6. The van der Waals surface area contributed by atoms with Crippen LogP contribution in [0.5, 0.6) is 0 Å². The van der Waals surface area contributed by atoms with E-state index in [1.165, 1.54) is 22.4 Å². The van der Waals surface area contributed by atoms with E-state index < -0.39 is 0 Å². The predicted molar refractivity (Wildman–Crippen MR) is 137 cm³/mol. The molecular formula is C29H36N2O2. The third kappa shape index (κ3) is 6.67. The van der Waals surface area contributed by atoms with Crippen LogP contribution in [0.4, 0.5) is 0 Å². The molecule has 1 aromatic carbocycles. The lowest BCUT2D eigenvalue weighted by molar-refractivity contribution is -0.143. The monoisotopic (exact) mass is 444 g/mol. The maximum absolute atomic E-state index is 11.8. The fourth-order valence-electron chi connectivity index (χ4n) is 4.28. The molecule has 0 atom stereocenters. The number of benzene rings is 1. The van der Waals surface area contributed by atoms with Crippen molar-refractivity contribution in [3.63, 3.8) is 0 Å². The highest BCUT2D eigenvalue weighted by molar-refractivity contribution is 5.70. The summed E-state index contributed by atoms with van der Waals surface area (Å²) in [6.07, 6.45) is 17.0. The number of aromatic nitrogens is 2. The molecule has 0 spiro atoms. The van der Waals surface area contributed by atoms with Crippen LogP contribution in [-0.4, -0.2) is 22.1 Å².